The van der Waals surface area contributed by atoms with Crippen molar-refractivity contribution in [2.75, 3.05) is 26.2 Å². The van der Waals surface area contributed by atoms with Crippen LogP contribution in [0.25, 0.3) is 0 Å². The molecule has 1 aromatic rings. The normalized spacial score (nSPS) is 21.4. The Labute approximate surface area is 133 Å². The van der Waals surface area contributed by atoms with E-state index in [9.17, 15) is 5.11 Å². The number of rotatable bonds is 7. The highest BCUT2D eigenvalue weighted by Gasteiger charge is 2.22. The Bertz CT molecular complexity index is 410. The van der Waals surface area contributed by atoms with Gasteiger partial charge in [-0.2, -0.15) is 0 Å². The number of benzene rings is 1. The third kappa shape index (κ3) is 4.96. The number of halogens is 1. The number of hydrogen-bond donors (Lipinski definition) is 2. The van der Waals surface area contributed by atoms with Gasteiger partial charge in [-0.05, 0) is 50.0 Å². The maximum absolute atomic E-state index is 9.51. The SMILES string of the molecule is CCNC(CCN1CCCCC1CO)c1ccc(Cl)cc1. The van der Waals surface area contributed by atoms with Crippen molar-refractivity contribution < 1.29 is 5.11 Å². The monoisotopic (exact) mass is 310 g/mol. The van der Waals surface area contributed by atoms with Crippen LogP contribution in [-0.4, -0.2) is 42.3 Å². The van der Waals surface area contributed by atoms with Crippen molar-refractivity contribution in [3.8, 4) is 0 Å². The average molecular weight is 311 g/mol. The third-order valence-electron chi connectivity index (χ3n) is 4.39. The standard InChI is InChI=1S/C17H27ClN2O/c1-2-19-17(14-6-8-15(18)9-7-14)10-12-20-11-4-3-5-16(20)13-21/h6-9,16-17,19,21H,2-5,10-13H2,1H3. The lowest BCUT2D eigenvalue weighted by atomic mass is 9.99. The van der Waals surface area contributed by atoms with E-state index in [2.05, 4.69) is 29.3 Å². The fourth-order valence-corrected chi connectivity index (χ4v) is 3.31. The Kier molecular flexibility index (Phi) is 6.97. The quantitative estimate of drug-likeness (QED) is 0.811. The second-order valence-corrected chi connectivity index (χ2v) is 6.26. The Morgan fingerprint density at radius 2 is 2.10 bits per heavy atom. The molecule has 1 aliphatic rings. The Hall–Kier alpha value is -0.610. The molecule has 3 nitrogen and oxygen atoms in total. The van der Waals surface area contributed by atoms with Gasteiger partial charge in [0, 0.05) is 23.7 Å². The van der Waals surface area contributed by atoms with E-state index < -0.39 is 0 Å². The summed E-state index contributed by atoms with van der Waals surface area (Å²) in [6.07, 6.45) is 4.69. The van der Waals surface area contributed by atoms with E-state index in [1.165, 1.54) is 18.4 Å². The zero-order valence-electron chi connectivity index (χ0n) is 12.9. The number of aliphatic hydroxyl groups excluding tert-OH is 1. The highest BCUT2D eigenvalue weighted by molar-refractivity contribution is 6.30. The lowest BCUT2D eigenvalue weighted by Gasteiger charge is -2.35. The van der Waals surface area contributed by atoms with Crippen LogP contribution in [0.2, 0.25) is 5.02 Å². The number of nitrogens with zero attached hydrogens (tertiary/aromatic N) is 1. The van der Waals surface area contributed by atoms with Gasteiger partial charge in [0.2, 0.25) is 0 Å². The molecule has 1 fully saturated rings. The fraction of sp³-hybridized carbons (Fsp3) is 0.647. The van der Waals surface area contributed by atoms with Crippen molar-refractivity contribution in [1.29, 1.82) is 0 Å². The summed E-state index contributed by atoms with van der Waals surface area (Å²) in [6, 6.07) is 8.84. The summed E-state index contributed by atoms with van der Waals surface area (Å²) < 4.78 is 0. The Morgan fingerprint density at radius 3 is 2.76 bits per heavy atom. The van der Waals surface area contributed by atoms with E-state index in [4.69, 9.17) is 11.6 Å². The van der Waals surface area contributed by atoms with Crippen LogP contribution in [0, 0.1) is 0 Å². The molecule has 21 heavy (non-hydrogen) atoms. The highest BCUT2D eigenvalue weighted by Crippen LogP contribution is 2.22. The van der Waals surface area contributed by atoms with E-state index in [0.29, 0.717) is 12.1 Å². The molecule has 0 bridgehead atoms. The third-order valence-corrected chi connectivity index (χ3v) is 4.64. The molecular weight excluding hydrogens is 284 g/mol. The number of aliphatic hydroxyl groups is 1. The predicted molar refractivity (Wildman–Crippen MR) is 88.8 cm³/mol. The van der Waals surface area contributed by atoms with Gasteiger partial charge < -0.3 is 10.4 Å². The van der Waals surface area contributed by atoms with Crippen molar-refractivity contribution in [2.24, 2.45) is 0 Å². The molecule has 1 aromatic carbocycles. The number of likely N-dealkylation sites (tertiary alicyclic amines) is 1. The molecule has 0 spiro atoms. The van der Waals surface area contributed by atoms with E-state index in [0.717, 1.165) is 37.5 Å². The second kappa shape index (κ2) is 8.74. The number of hydrogen-bond acceptors (Lipinski definition) is 3. The first-order valence-corrected chi connectivity index (χ1v) is 8.46. The first-order valence-electron chi connectivity index (χ1n) is 8.08. The molecule has 118 valence electrons. The lowest BCUT2D eigenvalue weighted by molar-refractivity contribution is 0.0865. The van der Waals surface area contributed by atoms with Crippen molar-refractivity contribution in [2.45, 2.75) is 44.7 Å². The van der Waals surface area contributed by atoms with E-state index in [1.807, 2.05) is 12.1 Å². The van der Waals surface area contributed by atoms with Gasteiger partial charge in [0.1, 0.15) is 0 Å². The topological polar surface area (TPSA) is 35.5 Å². The van der Waals surface area contributed by atoms with Gasteiger partial charge in [-0.25, -0.2) is 0 Å². The molecule has 1 saturated heterocycles. The smallest absolute Gasteiger partial charge is 0.0586 e. The van der Waals surface area contributed by atoms with E-state index >= 15 is 0 Å². The van der Waals surface area contributed by atoms with Gasteiger partial charge in [0.25, 0.3) is 0 Å². The molecule has 0 aromatic heterocycles. The molecule has 0 radical (unpaired) electrons. The number of piperidine rings is 1. The molecule has 2 atom stereocenters. The number of nitrogens with one attached hydrogen (secondary N) is 1. The van der Waals surface area contributed by atoms with Gasteiger partial charge in [-0.15, -0.1) is 0 Å². The van der Waals surface area contributed by atoms with Crippen LogP contribution in [0.5, 0.6) is 0 Å². The average Bonchev–Trinajstić information content (AvgIpc) is 2.52. The molecule has 2 N–H and O–H groups in total. The van der Waals surface area contributed by atoms with Crippen molar-refractivity contribution in [1.82, 2.24) is 10.2 Å². The van der Waals surface area contributed by atoms with Crippen LogP contribution < -0.4 is 5.32 Å². The first kappa shape index (κ1) is 16.8. The molecule has 0 saturated carbocycles. The van der Waals surface area contributed by atoms with E-state index in [-0.39, 0.29) is 6.61 Å². The van der Waals surface area contributed by atoms with Gasteiger partial charge in [0.15, 0.2) is 0 Å². The van der Waals surface area contributed by atoms with Crippen LogP contribution in [0.15, 0.2) is 24.3 Å². The molecule has 0 aliphatic carbocycles. The molecule has 0 amide bonds. The van der Waals surface area contributed by atoms with Gasteiger partial charge >= 0.3 is 0 Å². The highest BCUT2D eigenvalue weighted by atomic mass is 35.5. The summed E-state index contributed by atoms with van der Waals surface area (Å²) in [7, 11) is 0. The van der Waals surface area contributed by atoms with Crippen LogP contribution in [-0.2, 0) is 0 Å². The zero-order chi connectivity index (χ0) is 15.1. The van der Waals surface area contributed by atoms with Gasteiger partial charge in [-0.3, -0.25) is 4.90 Å². The summed E-state index contributed by atoms with van der Waals surface area (Å²) >= 11 is 5.97. The molecule has 1 heterocycles. The predicted octanol–water partition coefficient (Wildman–Crippen LogP) is 3.23. The largest absolute Gasteiger partial charge is 0.395 e. The summed E-state index contributed by atoms with van der Waals surface area (Å²) in [5.74, 6) is 0. The summed E-state index contributed by atoms with van der Waals surface area (Å²) in [6.45, 7) is 5.53. The maximum atomic E-state index is 9.51. The molecule has 2 unspecified atom stereocenters. The second-order valence-electron chi connectivity index (χ2n) is 5.82. The van der Waals surface area contributed by atoms with Crippen molar-refractivity contribution in [3.05, 3.63) is 34.9 Å². The van der Waals surface area contributed by atoms with Gasteiger partial charge in [0.05, 0.1) is 6.61 Å². The molecule has 1 aliphatic heterocycles. The van der Waals surface area contributed by atoms with Crippen molar-refractivity contribution >= 4 is 11.6 Å². The maximum Gasteiger partial charge on any atom is 0.0586 e. The molecule has 4 heteroatoms. The summed E-state index contributed by atoms with van der Waals surface area (Å²) in [5, 5.41) is 13.8. The van der Waals surface area contributed by atoms with Crippen LogP contribution in [0.3, 0.4) is 0 Å². The Balaban J connectivity index is 1.94. The van der Waals surface area contributed by atoms with E-state index in [1.54, 1.807) is 0 Å². The fourth-order valence-electron chi connectivity index (χ4n) is 3.18. The van der Waals surface area contributed by atoms with Gasteiger partial charge in [-0.1, -0.05) is 37.1 Å². The minimum Gasteiger partial charge on any atom is -0.395 e. The summed E-state index contributed by atoms with van der Waals surface area (Å²) in [4.78, 5) is 2.45. The Morgan fingerprint density at radius 1 is 1.33 bits per heavy atom. The zero-order valence-corrected chi connectivity index (χ0v) is 13.6. The van der Waals surface area contributed by atoms with Crippen LogP contribution in [0.1, 0.15) is 44.2 Å². The van der Waals surface area contributed by atoms with Crippen LogP contribution in [0.4, 0.5) is 0 Å². The summed E-state index contributed by atoms with van der Waals surface area (Å²) in [5.41, 5.74) is 1.29. The molecule has 2 rings (SSSR count). The van der Waals surface area contributed by atoms with Crippen molar-refractivity contribution in [3.63, 3.8) is 0 Å². The lowest BCUT2D eigenvalue weighted by Crippen LogP contribution is -2.43. The molecular formula is C17H27ClN2O. The minimum atomic E-state index is 0.285. The minimum absolute atomic E-state index is 0.285. The first-order chi connectivity index (χ1) is 10.2. The van der Waals surface area contributed by atoms with Crippen LogP contribution >= 0.6 is 11.6 Å².